The van der Waals surface area contributed by atoms with Gasteiger partial charge in [-0.3, -0.25) is 9.97 Å². The summed E-state index contributed by atoms with van der Waals surface area (Å²) in [5.74, 6) is 0. The van der Waals surface area contributed by atoms with Gasteiger partial charge in [0.05, 0.1) is 22.8 Å². The molecule has 3 heterocycles. The van der Waals surface area contributed by atoms with Crippen LogP contribution in [0.15, 0.2) is 60.9 Å². The van der Waals surface area contributed by atoms with E-state index in [0.29, 0.717) is 11.7 Å². The van der Waals surface area contributed by atoms with Crippen molar-refractivity contribution in [3.8, 4) is 22.8 Å². The first-order valence-corrected chi connectivity index (χ1v) is 9.52. The molecule has 0 unspecified atom stereocenters. The van der Waals surface area contributed by atoms with Crippen molar-refractivity contribution in [2.24, 2.45) is 0 Å². The number of aromatic nitrogens is 3. The minimum absolute atomic E-state index is 0.645. The summed E-state index contributed by atoms with van der Waals surface area (Å²) >= 11 is 5.27. The largest absolute Gasteiger partial charge is 0.363 e. The second kappa shape index (κ2) is 9.73. The number of nitrogens with zero attached hydrogens (tertiary/aromatic N) is 3. The molecule has 0 amide bonds. The molecule has 138 valence electrons. The van der Waals surface area contributed by atoms with Crippen molar-refractivity contribution in [1.82, 2.24) is 25.6 Å². The summed E-state index contributed by atoms with van der Waals surface area (Å²) in [7, 11) is 0. The summed E-state index contributed by atoms with van der Waals surface area (Å²) in [5, 5.41) is 7.08. The van der Waals surface area contributed by atoms with Gasteiger partial charge in [0.2, 0.25) is 0 Å². The molecule has 0 aliphatic rings. The van der Waals surface area contributed by atoms with Crippen LogP contribution in [0.3, 0.4) is 0 Å². The normalized spacial score (nSPS) is 10.4. The second-order valence-electron chi connectivity index (χ2n) is 6.14. The Kier molecular flexibility index (Phi) is 6.82. The monoisotopic (exact) mass is 377 g/mol. The Balaban J connectivity index is 1.63. The average Bonchev–Trinajstić information content (AvgIpc) is 2.73. The summed E-state index contributed by atoms with van der Waals surface area (Å²) in [6, 6.07) is 15.7. The highest BCUT2D eigenvalue weighted by atomic mass is 32.1. The van der Waals surface area contributed by atoms with Gasteiger partial charge >= 0.3 is 0 Å². The summed E-state index contributed by atoms with van der Waals surface area (Å²) in [5.41, 5.74) is 4.42. The van der Waals surface area contributed by atoms with E-state index in [1.165, 1.54) is 0 Å². The summed E-state index contributed by atoms with van der Waals surface area (Å²) in [6.45, 7) is 3.71. The molecule has 0 aliphatic heterocycles. The van der Waals surface area contributed by atoms with Crippen LogP contribution < -0.4 is 10.6 Å². The molecule has 0 saturated carbocycles. The number of hydrogen-bond acceptors (Lipinski definition) is 4. The molecular formula is C21H23N5S. The lowest BCUT2D eigenvalue weighted by molar-refractivity contribution is 0.738. The molecule has 0 aliphatic carbocycles. The van der Waals surface area contributed by atoms with Crippen LogP contribution in [-0.2, 0) is 6.54 Å². The number of nitrogens with one attached hydrogen (secondary N) is 2. The van der Waals surface area contributed by atoms with E-state index in [2.05, 4.69) is 32.5 Å². The first-order chi connectivity index (χ1) is 13.3. The van der Waals surface area contributed by atoms with E-state index < -0.39 is 0 Å². The fourth-order valence-corrected chi connectivity index (χ4v) is 2.71. The maximum Gasteiger partial charge on any atom is 0.166 e. The Morgan fingerprint density at radius 2 is 1.67 bits per heavy atom. The molecule has 6 heteroatoms. The van der Waals surface area contributed by atoms with Crippen molar-refractivity contribution >= 4 is 17.3 Å². The minimum Gasteiger partial charge on any atom is -0.363 e. The van der Waals surface area contributed by atoms with Gasteiger partial charge in [-0.2, -0.15) is 0 Å². The Morgan fingerprint density at radius 1 is 0.889 bits per heavy atom. The minimum atomic E-state index is 0.645. The first kappa shape index (κ1) is 18.9. The molecular weight excluding hydrogens is 354 g/mol. The topological polar surface area (TPSA) is 62.7 Å². The third-order valence-electron chi connectivity index (χ3n) is 4.03. The lowest BCUT2D eigenvalue weighted by Crippen LogP contribution is -2.35. The third-order valence-corrected chi connectivity index (χ3v) is 4.32. The van der Waals surface area contributed by atoms with Crippen molar-refractivity contribution in [1.29, 1.82) is 0 Å². The number of pyridine rings is 3. The van der Waals surface area contributed by atoms with Crippen LogP contribution in [0.4, 0.5) is 0 Å². The fraction of sp³-hybridized carbons (Fsp3) is 0.238. The van der Waals surface area contributed by atoms with Crippen LogP contribution in [0.5, 0.6) is 0 Å². The molecule has 0 atom stereocenters. The molecule has 3 aromatic rings. The highest BCUT2D eigenvalue weighted by Crippen LogP contribution is 2.20. The zero-order valence-corrected chi connectivity index (χ0v) is 16.2. The van der Waals surface area contributed by atoms with Crippen LogP contribution in [0, 0.1) is 0 Å². The van der Waals surface area contributed by atoms with E-state index in [4.69, 9.17) is 12.2 Å². The van der Waals surface area contributed by atoms with Gasteiger partial charge in [-0.25, -0.2) is 4.98 Å². The Bertz CT molecular complexity index is 865. The number of thiocarbonyl (C=S) groups is 1. The highest BCUT2D eigenvalue weighted by Gasteiger charge is 2.05. The fourth-order valence-electron chi connectivity index (χ4n) is 2.54. The predicted octanol–water partition coefficient (Wildman–Crippen LogP) is 3.97. The van der Waals surface area contributed by atoms with E-state index in [1.807, 2.05) is 54.7 Å². The highest BCUT2D eigenvalue weighted by molar-refractivity contribution is 7.80. The molecule has 0 spiro atoms. The van der Waals surface area contributed by atoms with Crippen LogP contribution in [0.25, 0.3) is 22.8 Å². The standard InChI is InChI=1S/C21H23N5S/c1-2-3-12-23-21(27)25-15-16-10-11-18(24-14-16)20-9-6-8-19(26-20)17-7-4-5-13-22-17/h4-11,13-14H,2-3,12,15H2,1H3,(H2,23,25,27). The average molecular weight is 378 g/mol. The zero-order valence-electron chi connectivity index (χ0n) is 15.4. The number of rotatable bonds is 7. The van der Waals surface area contributed by atoms with Crippen molar-refractivity contribution in [3.63, 3.8) is 0 Å². The quantitative estimate of drug-likeness (QED) is 0.480. The van der Waals surface area contributed by atoms with E-state index in [-0.39, 0.29) is 0 Å². The Morgan fingerprint density at radius 3 is 2.33 bits per heavy atom. The molecule has 0 fully saturated rings. The van der Waals surface area contributed by atoms with Gasteiger partial charge in [0.1, 0.15) is 0 Å². The van der Waals surface area contributed by atoms with Gasteiger partial charge in [-0.05, 0) is 54.5 Å². The second-order valence-corrected chi connectivity index (χ2v) is 6.55. The summed E-state index contributed by atoms with van der Waals surface area (Å²) in [6.07, 6.45) is 5.89. The summed E-state index contributed by atoms with van der Waals surface area (Å²) in [4.78, 5) is 13.6. The maximum absolute atomic E-state index is 5.27. The van der Waals surface area contributed by atoms with E-state index >= 15 is 0 Å². The van der Waals surface area contributed by atoms with Gasteiger partial charge in [0, 0.05) is 25.5 Å². The zero-order chi connectivity index (χ0) is 18.9. The van der Waals surface area contributed by atoms with Crippen LogP contribution in [0.1, 0.15) is 25.3 Å². The lowest BCUT2D eigenvalue weighted by Gasteiger charge is -2.10. The number of hydrogen-bond donors (Lipinski definition) is 2. The third kappa shape index (κ3) is 5.56. The van der Waals surface area contributed by atoms with Crippen molar-refractivity contribution in [2.75, 3.05) is 6.54 Å². The number of unbranched alkanes of at least 4 members (excludes halogenated alkanes) is 1. The molecule has 0 bridgehead atoms. The molecule has 27 heavy (non-hydrogen) atoms. The molecule has 5 nitrogen and oxygen atoms in total. The van der Waals surface area contributed by atoms with Crippen molar-refractivity contribution in [3.05, 3.63) is 66.5 Å². The lowest BCUT2D eigenvalue weighted by atomic mass is 10.2. The molecule has 0 radical (unpaired) electrons. The molecule has 0 aromatic carbocycles. The van der Waals surface area contributed by atoms with Crippen LogP contribution in [0.2, 0.25) is 0 Å². The van der Waals surface area contributed by atoms with Crippen molar-refractivity contribution < 1.29 is 0 Å². The van der Waals surface area contributed by atoms with E-state index in [0.717, 1.165) is 47.7 Å². The SMILES string of the molecule is CCCCNC(=S)NCc1ccc(-c2cccc(-c3ccccn3)n2)nc1. The molecule has 3 rings (SSSR count). The van der Waals surface area contributed by atoms with Gasteiger partial charge in [0.25, 0.3) is 0 Å². The van der Waals surface area contributed by atoms with Crippen molar-refractivity contribution in [2.45, 2.75) is 26.3 Å². The predicted molar refractivity (Wildman–Crippen MR) is 113 cm³/mol. The van der Waals surface area contributed by atoms with E-state index in [9.17, 15) is 0 Å². The van der Waals surface area contributed by atoms with Gasteiger partial charge in [-0.15, -0.1) is 0 Å². The molecule has 2 N–H and O–H groups in total. The molecule has 3 aromatic heterocycles. The Labute approximate surface area is 165 Å². The summed E-state index contributed by atoms with van der Waals surface area (Å²) < 4.78 is 0. The smallest absolute Gasteiger partial charge is 0.166 e. The van der Waals surface area contributed by atoms with Gasteiger partial charge in [0.15, 0.2) is 5.11 Å². The van der Waals surface area contributed by atoms with E-state index in [1.54, 1.807) is 6.20 Å². The first-order valence-electron chi connectivity index (χ1n) is 9.11. The van der Waals surface area contributed by atoms with Gasteiger partial charge in [-0.1, -0.05) is 31.5 Å². The molecule has 0 saturated heterocycles. The maximum atomic E-state index is 5.27. The van der Waals surface area contributed by atoms with Crippen LogP contribution >= 0.6 is 12.2 Å². The van der Waals surface area contributed by atoms with Gasteiger partial charge < -0.3 is 10.6 Å². The van der Waals surface area contributed by atoms with Crippen LogP contribution in [-0.4, -0.2) is 26.6 Å². The Hall–Kier alpha value is -2.86.